The van der Waals surface area contributed by atoms with E-state index in [1.54, 1.807) is 12.1 Å². The highest BCUT2D eigenvalue weighted by Gasteiger charge is 2.13. The Labute approximate surface area is 127 Å². The number of hydrogen-bond acceptors (Lipinski definition) is 2. The zero-order valence-electron chi connectivity index (χ0n) is 11.0. The third-order valence-corrected chi connectivity index (χ3v) is 3.60. The standard InChI is InChI=1S/C15H15Cl2FN2/c1-9-4-11(8-12(16)5-9)15(20-19)7-10-2-3-14(18)13(17)6-10/h2-6,8,15,20H,7,19H2,1H3. The number of hydrogen-bond donors (Lipinski definition) is 2. The molecule has 0 spiro atoms. The van der Waals surface area contributed by atoms with Gasteiger partial charge in [-0.15, -0.1) is 0 Å². The summed E-state index contributed by atoms with van der Waals surface area (Å²) >= 11 is 11.9. The summed E-state index contributed by atoms with van der Waals surface area (Å²) in [4.78, 5) is 0. The molecular formula is C15H15Cl2FN2. The Morgan fingerprint density at radius 3 is 2.55 bits per heavy atom. The van der Waals surface area contributed by atoms with E-state index in [0.29, 0.717) is 11.4 Å². The Hall–Kier alpha value is -1.13. The fourth-order valence-corrected chi connectivity index (χ4v) is 2.64. The van der Waals surface area contributed by atoms with Crippen molar-refractivity contribution in [3.05, 3.63) is 69.0 Å². The first-order chi connectivity index (χ1) is 9.49. The summed E-state index contributed by atoms with van der Waals surface area (Å²) in [5.74, 6) is 5.20. The first kappa shape index (κ1) is 15.3. The second kappa shape index (κ2) is 6.55. The van der Waals surface area contributed by atoms with Gasteiger partial charge in [-0.3, -0.25) is 11.3 Å². The van der Waals surface area contributed by atoms with Crippen LogP contribution in [0, 0.1) is 12.7 Å². The lowest BCUT2D eigenvalue weighted by Gasteiger charge is -2.17. The van der Waals surface area contributed by atoms with E-state index in [1.807, 2.05) is 25.1 Å². The Balaban J connectivity index is 2.26. The highest BCUT2D eigenvalue weighted by Crippen LogP contribution is 2.24. The number of benzene rings is 2. The van der Waals surface area contributed by atoms with E-state index in [9.17, 15) is 4.39 Å². The van der Waals surface area contributed by atoms with Crippen LogP contribution in [-0.2, 0) is 6.42 Å². The summed E-state index contributed by atoms with van der Waals surface area (Å²) in [6.45, 7) is 1.97. The Morgan fingerprint density at radius 2 is 1.95 bits per heavy atom. The molecule has 0 heterocycles. The zero-order valence-corrected chi connectivity index (χ0v) is 12.5. The predicted molar refractivity (Wildman–Crippen MR) is 81.4 cm³/mol. The molecule has 0 fully saturated rings. The van der Waals surface area contributed by atoms with Crippen molar-refractivity contribution in [2.75, 3.05) is 0 Å². The van der Waals surface area contributed by atoms with Crippen LogP contribution in [0.15, 0.2) is 36.4 Å². The van der Waals surface area contributed by atoms with Crippen LogP contribution in [0.2, 0.25) is 10.0 Å². The lowest BCUT2D eigenvalue weighted by molar-refractivity contribution is 0.550. The topological polar surface area (TPSA) is 38.0 Å². The fraction of sp³-hybridized carbons (Fsp3) is 0.200. The van der Waals surface area contributed by atoms with Gasteiger partial charge in [-0.05, 0) is 54.3 Å². The minimum atomic E-state index is -0.425. The smallest absolute Gasteiger partial charge is 0.141 e. The van der Waals surface area contributed by atoms with Crippen LogP contribution in [0.3, 0.4) is 0 Å². The van der Waals surface area contributed by atoms with Crippen LogP contribution in [0.5, 0.6) is 0 Å². The van der Waals surface area contributed by atoms with Gasteiger partial charge in [0.25, 0.3) is 0 Å². The van der Waals surface area contributed by atoms with Gasteiger partial charge in [0.2, 0.25) is 0 Å². The van der Waals surface area contributed by atoms with Gasteiger partial charge in [0.15, 0.2) is 0 Å². The van der Waals surface area contributed by atoms with Crippen LogP contribution >= 0.6 is 23.2 Å². The molecule has 3 N–H and O–H groups in total. The monoisotopic (exact) mass is 312 g/mol. The second-order valence-corrected chi connectivity index (χ2v) is 5.58. The van der Waals surface area contributed by atoms with E-state index >= 15 is 0 Å². The maximum Gasteiger partial charge on any atom is 0.141 e. The van der Waals surface area contributed by atoms with Gasteiger partial charge >= 0.3 is 0 Å². The molecule has 2 rings (SSSR count). The lowest BCUT2D eigenvalue weighted by atomic mass is 9.98. The highest BCUT2D eigenvalue weighted by atomic mass is 35.5. The summed E-state index contributed by atoms with van der Waals surface area (Å²) in [7, 11) is 0. The van der Waals surface area contributed by atoms with Gasteiger partial charge in [0.05, 0.1) is 11.1 Å². The van der Waals surface area contributed by atoms with Crippen molar-refractivity contribution in [2.45, 2.75) is 19.4 Å². The molecule has 1 unspecified atom stereocenters. The van der Waals surface area contributed by atoms with Crippen LogP contribution in [0.25, 0.3) is 0 Å². The van der Waals surface area contributed by atoms with Crippen molar-refractivity contribution in [3.8, 4) is 0 Å². The Kier molecular flexibility index (Phi) is 5.00. The zero-order chi connectivity index (χ0) is 14.7. The lowest BCUT2D eigenvalue weighted by Crippen LogP contribution is -2.29. The summed E-state index contributed by atoms with van der Waals surface area (Å²) in [6, 6.07) is 10.3. The molecule has 0 saturated carbocycles. The molecule has 2 aromatic rings. The second-order valence-electron chi connectivity index (χ2n) is 4.73. The molecule has 106 valence electrons. The maximum atomic E-state index is 13.2. The largest absolute Gasteiger partial charge is 0.271 e. The number of nitrogens with one attached hydrogen (secondary N) is 1. The molecule has 0 aromatic heterocycles. The van der Waals surface area contributed by atoms with E-state index in [1.165, 1.54) is 6.07 Å². The normalized spacial score (nSPS) is 12.4. The van der Waals surface area contributed by atoms with E-state index in [2.05, 4.69) is 5.43 Å². The Morgan fingerprint density at radius 1 is 1.20 bits per heavy atom. The van der Waals surface area contributed by atoms with Crippen molar-refractivity contribution < 1.29 is 4.39 Å². The van der Waals surface area contributed by atoms with Crippen molar-refractivity contribution >= 4 is 23.2 Å². The van der Waals surface area contributed by atoms with Gasteiger partial charge in [0, 0.05) is 5.02 Å². The van der Waals surface area contributed by atoms with E-state index in [4.69, 9.17) is 29.0 Å². The minimum absolute atomic E-state index is 0.112. The molecular weight excluding hydrogens is 298 g/mol. The third kappa shape index (κ3) is 3.70. The number of halogens is 3. The van der Waals surface area contributed by atoms with E-state index in [0.717, 1.165) is 16.7 Å². The molecule has 0 amide bonds. The molecule has 0 aliphatic carbocycles. The molecule has 5 heteroatoms. The SMILES string of the molecule is Cc1cc(Cl)cc(C(Cc2ccc(F)c(Cl)c2)NN)c1. The molecule has 20 heavy (non-hydrogen) atoms. The van der Waals surface area contributed by atoms with Crippen molar-refractivity contribution in [2.24, 2.45) is 5.84 Å². The van der Waals surface area contributed by atoms with Crippen LogP contribution < -0.4 is 11.3 Å². The van der Waals surface area contributed by atoms with Crippen molar-refractivity contribution in [1.82, 2.24) is 5.43 Å². The number of aryl methyl sites for hydroxylation is 1. The molecule has 2 aromatic carbocycles. The summed E-state index contributed by atoms with van der Waals surface area (Å²) < 4.78 is 13.2. The molecule has 0 aliphatic rings. The quantitative estimate of drug-likeness (QED) is 0.656. The molecule has 2 nitrogen and oxygen atoms in total. The van der Waals surface area contributed by atoms with Crippen LogP contribution in [0.1, 0.15) is 22.7 Å². The van der Waals surface area contributed by atoms with Crippen molar-refractivity contribution in [3.63, 3.8) is 0 Å². The molecule has 0 aliphatic heterocycles. The van der Waals surface area contributed by atoms with Gasteiger partial charge in [-0.1, -0.05) is 35.3 Å². The number of nitrogens with two attached hydrogens (primary N) is 1. The average Bonchev–Trinajstić information content (AvgIpc) is 2.38. The average molecular weight is 313 g/mol. The van der Waals surface area contributed by atoms with Gasteiger partial charge in [0.1, 0.15) is 5.82 Å². The molecule has 1 atom stereocenters. The summed E-state index contributed by atoms with van der Waals surface area (Å²) in [5, 5.41) is 0.776. The number of rotatable bonds is 4. The third-order valence-electron chi connectivity index (χ3n) is 3.09. The van der Waals surface area contributed by atoms with Gasteiger partial charge in [-0.2, -0.15) is 0 Å². The number of hydrazine groups is 1. The van der Waals surface area contributed by atoms with E-state index in [-0.39, 0.29) is 11.1 Å². The molecule has 0 radical (unpaired) electrons. The summed E-state index contributed by atoms with van der Waals surface area (Å²) in [5.41, 5.74) is 5.70. The van der Waals surface area contributed by atoms with Crippen LogP contribution in [0.4, 0.5) is 4.39 Å². The maximum absolute atomic E-state index is 13.2. The fourth-order valence-electron chi connectivity index (χ4n) is 2.14. The predicted octanol–water partition coefficient (Wildman–Crippen LogP) is 4.19. The van der Waals surface area contributed by atoms with Crippen LogP contribution in [-0.4, -0.2) is 0 Å². The first-order valence-corrected chi connectivity index (χ1v) is 6.92. The van der Waals surface area contributed by atoms with Gasteiger partial charge in [-0.25, -0.2) is 4.39 Å². The first-order valence-electron chi connectivity index (χ1n) is 6.16. The highest BCUT2D eigenvalue weighted by molar-refractivity contribution is 6.31. The molecule has 0 bridgehead atoms. The summed E-state index contributed by atoms with van der Waals surface area (Å²) in [6.07, 6.45) is 0.594. The molecule has 0 saturated heterocycles. The minimum Gasteiger partial charge on any atom is -0.271 e. The van der Waals surface area contributed by atoms with E-state index < -0.39 is 5.82 Å². The Bertz CT molecular complexity index is 597. The van der Waals surface area contributed by atoms with Crippen molar-refractivity contribution in [1.29, 1.82) is 0 Å². The van der Waals surface area contributed by atoms with Gasteiger partial charge < -0.3 is 0 Å².